The Hall–Kier alpha value is -0.470. The minimum atomic E-state index is 0.357. The fourth-order valence-electron chi connectivity index (χ4n) is 1.75. The van der Waals surface area contributed by atoms with Gasteiger partial charge >= 0.3 is 0 Å². The molecule has 1 aromatic carbocycles. The Morgan fingerprint density at radius 1 is 1.25 bits per heavy atom. The van der Waals surface area contributed by atoms with Crippen molar-refractivity contribution in [2.24, 2.45) is 0 Å². The van der Waals surface area contributed by atoms with Crippen LogP contribution in [-0.4, -0.2) is 18.5 Å². The largest absolute Gasteiger partial charge is 0.378 e. The van der Waals surface area contributed by atoms with Crippen molar-refractivity contribution in [3.8, 4) is 0 Å². The van der Waals surface area contributed by atoms with E-state index >= 15 is 0 Å². The molecule has 0 heterocycles. The zero-order valence-electron chi connectivity index (χ0n) is 10.2. The second kappa shape index (κ2) is 7.75. The van der Waals surface area contributed by atoms with Gasteiger partial charge in [0.2, 0.25) is 0 Å². The smallest absolute Gasteiger partial charge is 0.0547 e. The lowest BCUT2D eigenvalue weighted by Gasteiger charge is -2.18. The van der Waals surface area contributed by atoms with E-state index < -0.39 is 0 Å². The Kier molecular flexibility index (Phi) is 6.58. The van der Waals surface area contributed by atoms with Crippen LogP contribution in [0.15, 0.2) is 30.3 Å². The molecule has 0 aliphatic rings. The number of ether oxygens (including phenoxy) is 1. The maximum absolute atomic E-state index is 5.84. The third-order valence-electron chi connectivity index (χ3n) is 2.77. The van der Waals surface area contributed by atoms with Gasteiger partial charge in [-0.1, -0.05) is 43.7 Å². The number of thiol groups is 1. The molecule has 0 aliphatic heterocycles. The molecular formula is C14H22OS. The van der Waals surface area contributed by atoms with Crippen LogP contribution < -0.4 is 0 Å². The molecule has 0 radical (unpaired) electrons. The average Bonchev–Trinajstić information content (AvgIpc) is 2.31. The highest BCUT2D eigenvalue weighted by Crippen LogP contribution is 2.18. The molecule has 90 valence electrons. The summed E-state index contributed by atoms with van der Waals surface area (Å²) in [6.45, 7) is 5.10. The van der Waals surface area contributed by atoms with E-state index in [9.17, 15) is 0 Å². The molecule has 0 fully saturated rings. The standard InChI is InChI=1S/C14H22OS/c1-3-7-12(2)15-10-14(11-16)13-8-5-4-6-9-13/h4-6,8-9,12,14,16H,3,7,10-11H2,1-2H3. The highest BCUT2D eigenvalue weighted by atomic mass is 32.1. The number of benzene rings is 1. The van der Waals surface area contributed by atoms with Gasteiger partial charge < -0.3 is 4.74 Å². The van der Waals surface area contributed by atoms with Gasteiger partial charge in [-0.15, -0.1) is 0 Å². The van der Waals surface area contributed by atoms with Crippen LogP contribution in [0.25, 0.3) is 0 Å². The molecule has 1 aromatic rings. The van der Waals surface area contributed by atoms with E-state index in [2.05, 4.69) is 50.7 Å². The van der Waals surface area contributed by atoms with Crippen molar-refractivity contribution >= 4 is 12.6 Å². The first-order valence-corrected chi connectivity index (χ1v) is 6.68. The minimum Gasteiger partial charge on any atom is -0.378 e. The molecule has 0 saturated carbocycles. The first kappa shape index (κ1) is 13.6. The Morgan fingerprint density at radius 2 is 1.94 bits per heavy atom. The third kappa shape index (κ3) is 4.58. The molecule has 2 heteroatoms. The summed E-state index contributed by atoms with van der Waals surface area (Å²) < 4.78 is 5.84. The summed E-state index contributed by atoms with van der Waals surface area (Å²) in [5, 5.41) is 0. The highest BCUT2D eigenvalue weighted by molar-refractivity contribution is 7.80. The molecule has 0 saturated heterocycles. The van der Waals surface area contributed by atoms with E-state index in [1.165, 1.54) is 12.0 Å². The van der Waals surface area contributed by atoms with E-state index in [1.807, 2.05) is 6.07 Å². The molecule has 16 heavy (non-hydrogen) atoms. The maximum Gasteiger partial charge on any atom is 0.0547 e. The molecule has 1 rings (SSSR count). The van der Waals surface area contributed by atoms with E-state index in [4.69, 9.17) is 4.74 Å². The van der Waals surface area contributed by atoms with Gasteiger partial charge in [0.15, 0.2) is 0 Å². The molecule has 2 unspecified atom stereocenters. The molecule has 0 N–H and O–H groups in total. The quantitative estimate of drug-likeness (QED) is 0.709. The SMILES string of the molecule is CCCC(C)OCC(CS)c1ccccc1. The van der Waals surface area contributed by atoms with E-state index in [-0.39, 0.29) is 0 Å². The second-order valence-electron chi connectivity index (χ2n) is 4.22. The van der Waals surface area contributed by atoms with Gasteiger partial charge in [-0.05, 0) is 24.7 Å². The molecule has 0 aromatic heterocycles. The van der Waals surface area contributed by atoms with Crippen molar-refractivity contribution in [1.29, 1.82) is 0 Å². The Balaban J connectivity index is 2.44. The Morgan fingerprint density at radius 3 is 2.50 bits per heavy atom. The monoisotopic (exact) mass is 238 g/mol. The van der Waals surface area contributed by atoms with Crippen LogP contribution in [0.3, 0.4) is 0 Å². The van der Waals surface area contributed by atoms with Crippen molar-refractivity contribution in [3.05, 3.63) is 35.9 Å². The van der Waals surface area contributed by atoms with Crippen molar-refractivity contribution in [2.45, 2.75) is 38.7 Å². The van der Waals surface area contributed by atoms with Gasteiger partial charge in [0.1, 0.15) is 0 Å². The zero-order valence-corrected chi connectivity index (χ0v) is 11.1. The summed E-state index contributed by atoms with van der Waals surface area (Å²) >= 11 is 4.40. The Bertz CT molecular complexity index is 273. The molecule has 0 amide bonds. The lowest BCUT2D eigenvalue weighted by Crippen LogP contribution is -2.15. The summed E-state index contributed by atoms with van der Waals surface area (Å²) in [6, 6.07) is 10.5. The first-order valence-electron chi connectivity index (χ1n) is 6.05. The van der Waals surface area contributed by atoms with Gasteiger partial charge in [-0.3, -0.25) is 0 Å². The van der Waals surface area contributed by atoms with Gasteiger partial charge in [-0.25, -0.2) is 0 Å². The lowest BCUT2D eigenvalue weighted by molar-refractivity contribution is 0.0528. The number of hydrogen-bond donors (Lipinski definition) is 1. The molecule has 1 nitrogen and oxygen atoms in total. The highest BCUT2D eigenvalue weighted by Gasteiger charge is 2.11. The van der Waals surface area contributed by atoms with Crippen LogP contribution in [0.2, 0.25) is 0 Å². The average molecular weight is 238 g/mol. The molecular weight excluding hydrogens is 216 g/mol. The van der Waals surface area contributed by atoms with Gasteiger partial charge in [0.05, 0.1) is 12.7 Å². The molecule has 0 bridgehead atoms. The van der Waals surface area contributed by atoms with Crippen LogP contribution >= 0.6 is 12.6 Å². The van der Waals surface area contributed by atoms with Gasteiger partial charge in [0, 0.05) is 5.92 Å². The topological polar surface area (TPSA) is 9.23 Å². The van der Waals surface area contributed by atoms with Crippen LogP contribution in [0.5, 0.6) is 0 Å². The predicted molar refractivity (Wildman–Crippen MR) is 73.4 cm³/mol. The van der Waals surface area contributed by atoms with Crippen LogP contribution in [0, 0.1) is 0 Å². The summed E-state index contributed by atoms with van der Waals surface area (Å²) in [6.07, 6.45) is 2.67. The van der Waals surface area contributed by atoms with E-state index in [0.717, 1.165) is 18.8 Å². The maximum atomic E-state index is 5.84. The van der Waals surface area contributed by atoms with E-state index in [1.54, 1.807) is 0 Å². The zero-order chi connectivity index (χ0) is 11.8. The number of hydrogen-bond acceptors (Lipinski definition) is 2. The second-order valence-corrected chi connectivity index (χ2v) is 4.59. The van der Waals surface area contributed by atoms with Gasteiger partial charge in [0.25, 0.3) is 0 Å². The fourth-order valence-corrected chi connectivity index (χ4v) is 2.07. The van der Waals surface area contributed by atoms with E-state index in [0.29, 0.717) is 12.0 Å². The first-order chi connectivity index (χ1) is 7.77. The van der Waals surface area contributed by atoms with Crippen molar-refractivity contribution < 1.29 is 4.74 Å². The Labute approximate surface area is 105 Å². The van der Waals surface area contributed by atoms with Crippen LogP contribution in [0.1, 0.15) is 38.2 Å². The number of rotatable bonds is 7. The fraction of sp³-hybridized carbons (Fsp3) is 0.571. The molecule has 2 atom stereocenters. The van der Waals surface area contributed by atoms with Crippen molar-refractivity contribution in [1.82, 2.24) is 0 Å². The minimum absolute atomic E-state index is 0.357. The normalized spacial score (nSPS) is 14.7. The summed E-state index contributed by atoms with van der Waals surface area (Å²) in [4.78, 5) is 0. The lowest BCUT2D eigenvalue weighted by atomic mass is 10.0. The van der Waals surface area contributed by atoms with Gasteiger partial charge in [-0.2, -0.15) is 12.6 Å². The third-order valence-corrected chi connectivity index (χ3v) is 3.21. The predicted octanol–water partition coefficient (Wildman–Crippen LogP) is 3.91. The van der Waals surface area contributed by atoms with Crippen LogP contribution in [0.4, 0.5) is 0 Å². The van der Waals surface area contributed by atoms with Crippen LogP contribution in [-0.2, 0) is 4.74 Å². The van der Waals surface area contributed by atoms with Crippen molar-refractivity contribution in [3.63, 3.8) is 0 Å². The summed E-state index contributed by atoms with van der Waals surface area (Å²) in [5.41, 5.74) is 1.32. The summed E-state index contributed by atoms with van der Waals surface area (Å²) in [5.74, 6) is 1.24. The molecule has 0 aliphatic carbocycles. The summed E-state index contributed by atoms with van der Waals surface area (Å²) in [7, 11) is 0. The van der Waals surface area contributed by atoms with Crippen molar-refractivity contribution in [2.75, 3.05) is 12.4 Å². The molecule has 0 spiro atoms.